The minimum Gasteiger partial charge on any atom is -0.466 e. The first-order valence-electron chi connectivity index (χ1n) is 9.82. The summed E-state index contributed by atoms with van der Waals surface area (Å²) in [7, 11) is 1.21. The third-order valence-corrected chi connectivity index (χ3v) is 5.11. The van der Waals surface area contributed by atoms with E-state index in [9.17, 15) is 9.59 Å². The molecule has 2 heterocycles. The van der Waals surface area contributed by atoms with Gasteiger partial charge in [-0.3, -0.25) is 4.79 Å². The monoisotopic (exact) mass is 435 g/mol. The minimum absolute atomic E-state index is 0.0562. The van der Waals surface area contributed by atoms with Gasteiger partial charge in [-0.25, -0.2) is 4.79 Å². The zero-order chi connectivity index (χ0) is 22.7. The molecule has 2 N–H and O–H groups in total. The number of benzene rings is 2. The molecule has 2 unspecified atom stereocenters. The number of esters is 2. The van der Waals surface area contributed by atoms with Gasteiger partial charge in [-0.15, -0.1) is 0 Å². The van der Waals surface area contributed by atoms with Gasteiger partial charge in [0.25, 0.3) is 5.60 Å². The number of aromatic nitrogens is 1. The number of methoxy groups -OCH3 is 1. The summed E-state index contributed by atoms with van der Waals surface area (Å²) in [5.41, 5.74) is 6.69. The Morgan fingerprint density at radius 1 is 1.12 bits per heavy atom. The Morgan fingerprint density at radius 3 is 2.53 bits per heavy atom. The second-order valence-electron chi connectivity index (χ2n) is 7.25. The van der Waals surface area contributed by atoms with Crippen LogP contribution in [0.1, 0.15) is 30.7 Å². The number of ether oxygens (including phenoxy) is 2. The molecule has 4 rings (SSSR count). The minimum atomic E-state index is -1.80. The third kappa shape index (κ3) is 3.80. The number of nitrogens with two attached hydrogens (primary N) is 1. The maximum Gasteiger partial charge on any atom is 0.357 e. The summed E-state index contributed by atoms with van der Waals surface area (Å²) in [6.07, 6.45) is -1.33. The molecular weight excluding hydrogens is 414 g/mol. The fourth-order valence-electron chi connectivity index (χ4n) is 3.60. The van der Waals surface area contributed by atoms with Gasteiger partial charge < -0.3 is 24.6 Å². The Morgan fingerprint density at radius 2 is 1.84 bits per heavy atom. The Hall–Kier alpha value is -4.14. The van der Waals surface area contributed by atoms with Gasteiger partial charge in [0, 0.05) is 29.8 Å². The first-order valence-corrected chi connectivity index (χ1v) is 9.82. The van der Waals surface area contributed by atoms with Gasteiger partial charge >= 0.3 is 11.9 Å². The van der Waals surface area contributed by atoms with Crippen molar-refractivity contribution in [1.29, 1.82) is 0 Å². The molecule has 0 aliphatic carbocycles. The van der Waals surface area contributed by atoms with Crippen molar-refractivity contribution in [2.45, 2.75) is 25.0 Å². The number of hydrogen-bond acceptors (Lipinski definition) is 9. The molecule has 0 saturated carbocycles. The first-order chi connectivity index (χ1) is 15.4. The highest BCUT2D eigenvalue weighted by Crippen LogP contribution is 2.42. The molecular formula is C23H21N3O6. The molecule has 3 aromatic rings. The van der Waals surface area contributed by atoms with Gasteiger partial charge in [-0.2, -0.15) is 0 Å². The lowest BCUT2D eigenvalue weighted by atomic mass is 9.86. The van der Waals surface area contributed by atoms with E-state index in [0.29, 0.717) is 22.7 Å². The van der Waals surface area contributed by atoms with Crippen LogP contribution in [-0.4, -0.2) is 35.5 Å². The Bertz CT molecular complexity index is 1170. The zero-order valence-corrected chi connectivity index (χ0v) is 17.5. The molecule has 1 aliphatic heterocycles. The molecule has 2 atom stereocenters. The average Bonchev–Trinajstić information content (AvgIpc) is 3.46. The summed E-state index contributed by atoms with van der Waals surface area (Å²) in [6.45, 7) is 1.22. The van der Waals surface area contributed by atoms with Crippen molar-refractivity contribution in [2.75, 3.05) is 12.8 Å². The summed E-state index contributed by atoms with van der Waals surface area (Å²) in [5, 5.41) is 8.15. The normalized spacial score (nSPS) is 18.4. The van der Waals surface area contributed by atoms with Crippen molar-refractivity contribution in [3.8, 4) is 11.3 Å². The second kappa shape index (κ2) is 8.54. The van der Waals surface area contributed by atoms with Crippen LogP contribution in [0.5, 0.6) is 0 Å². The first kappa shape index (κ1) is 21.1. The molecule has 0 fully saturated rings. The molecule has 0 spiro atoms. The quantitative estimate of drug-likeness (QED) is 0.462. The van der Waals surface area contributed by atoms with E-state index >= 15 is 0 Å². The summed E-state index contributed by atoms with van der Waals surface area (Å²) in [5.74, 6) is -0.982. The lowest BCUT2D eigenvalue weighted by Gasteiger charge is -2.30. The van der Waals surface area contributed by atoms with Gasteiger partial charge in [0.2, 0.25) is 6.10 Å². The highest BCUT2D eigenvalue weighted by Gasteiger charge is 2.58. The van der Waals surface area contributed by atoms with Crippen molar-refractivity contribution in [1.82, 2.24) is 5.16 Å². The number of carbonyl (C=O) groups excluding carboxylic acids is 2. The van der Waals surface area contributed by atoms with Crippen LogP contribution >= 0.6 is 0 Å². The fraction of sp³-hybridized carbons (Fsp3) is 0.217. The molecule has 0 radical (unpaired) electrons. The summed E-state index contributed by atoms with van der Waals surface area (Å²) < 4.78 is 16.0. The number of carbonyl (C=O) groups is 2. The van der Waals surface area contributed by atoms with E-state index in [-0.39, 0.29) is 12.1 Å². The maximum absolute atomic E-state index is 13.0. The van der Waals surface area contributed by atoms with E-state index in [1.54, 1.807) is 30.3 Å². The van der Waals surface area contributed by atoms with Crippen LogP contribution in [0.25, 0.3) is 11.3 Å². The number of nitrogens with zero attached hydrogens (tertiary/aromatic N) is 2. The average molecular weight is 435 g/mol. The maximum atomic E-state index is 13.0. The number of para-hydroxylation sites is 1. The van der Waals surface area contributed by atoms with Crippen molar-refractivity contribution in [3.05, 3.63) is 71.9 Å². The van der Waals surface area contributed by atoms with Crippen molar-refractivity contribution in [2.24, 2.45) is 5.16 Å². The molecule has 9 heteroatoms. The van der Waals surface area contributed by atoms with Crippen molar-refractivity contribution in [3.63, 3.8) is 0 Å². The molecule has 1 aliphatic rings. The number of hydrogen-bond donors (Lipinski definition) is 1. The smallest absolute Gasteiger partial charge is 0.357 e. The van der Waals surface area contributed by atoms with E-state index in [1.165, 1.54) is 14.0 Å². The van der Waals surface area contributed by atoms with Gasteiger partial charge in [0.15, 0.2) is 5.76 Å². The highest BCUT2D eigenvalue weighted by atomic mass is 16.7. The van der Waals surface area contributed by atoms with Crippen LogP contribution in [0.15, 0.2) is 70.3 Å². The van der Waals surface area contributed by atoms with Crippen molar-refractivity contribution >= 4 is 23.3 Å². The lowest BCUT2D eigenvalue weighted by molar-refractivity contribution is -0.192. The summed E-state index contributed by atoms with van der Waals surface area (Å²) >= 11 is 0. The van der Waals surface area contributed by atoms with Crippen LogP contribution in [-0.2, 0) is 23.9 Å². The van der Waals surface area contributed by atoms with Crippen LogP contribution in [0, 0.1) is 0 Å². The number of anilines is 1. The number of nitrogen functional groups attached to an aromatic ring is 1. The Balaban J connectivity index is 1.75. The Kier molecular flexibility index (Phi) is 5.63. The van der Waals surface area contributed by atoms with E-state index in [2.05, 4.69) is 10.3 Å². The van der Waals surface area contributed by atoms with Gasteiger partial charge in [-0.1, -0.05) is 58.8 Å². The standard InChI is InChI=1S/C23H21N3O6/c1-14(27)30-21(18-12-20(31-25-18)15-8-4-3-5-9-15)23(22(28)29-2)13-19(26-32-23)16-10-6-7-11-17(16)24/h3-12,21H,13,24H2,1-2H3. The zero-order valence-electron chi connectivity index (χ0n) is 17.5. The van der Waals surface area contributed by atoms with E-state index in [0.717, 1.165) is 5.56 Å². The number of rotatable bonds is 6. The molecule has 0 saturated heterocycles. The third-order valence-electron chi connectivity index (χ3n) is 5.11. The summed E-state index contributed by atoms with van der Waals surface area (Å²) in [6, 6.07) is 17.9. The predicted octanol–water partition coefficient (Wildman–Crippen LogP) is 3.26. The van der Waals surface area contributed by atoms with Gasteiger partial charge in [0.1, 0.15) is 5.69 Å². The van der Waals surface area contributed by atoms with Crippen LogP contribution in [0.3, 0.4) is 0 Å². The van der Waals surface area contributed by atoms with E-state index < -0.39 is 23.6 Å². The van der Waals surface area contributed by atoms with Gasteiger partial charge in [-0.05, 0) is 6.07 Å². The van der Waals surface area contributed by atoms with Gasteiger partial charge in [0.05, 0.1) is 19.2 Å². The lowest BCUT2D eigenvalue weighted by Crippen LogP contribution is -2.47. The molecule has 164 valence electrons. The fourth-order valence-corrected chi connectivity index (χ4v) is 3.60. The molecule has 1 aromatic heterocycles. The molecule has 9 nitrogen and oxygen atoms in total. The summed E-state index contributed by atoms with van der Waals surface area (Å²) in [4.78, 5) is 30.6. The molecule has 2 aromatic carbocycles. The van der Waals surface area contributed by atoms with E-state index in [4.69, 9.17) is 24.6 Å². The van der Waals surface area contributed by atoms with Crippen molar-refractivity contribution < 1.29 is 28.4 Å². The Labute approximate surface area is 183 Å². The SMILES string of the molecule is COC(=O)C1(C(OC(C)=O)c2cc(-c3ccccc3)on2)CC(c2ccccc2N)=NO1. The number of oxime groups is 1. The molecule has 0 bridgehead atoms. The second-order valence-corrected chi connectivity index (χ2v) is 7.25. The van der Waals surface area contributed by atoms with Crippen LogP contribution in [0.4, 0.5) is 5.69 Å². The van der Waals surface area contributed by atoms with E-state index in [1.807, 2.05) is 30.3 Å². The molecule has 0 amide bonds. The highest BCUT2D eigenvalue weighted by molar-refractivity contribution is 6.08. The topological polar surface area (TPSA) is 126 Å². The van der Waals surface area contributed by atoms with Crippen LogP contribution < -0.4 is 5.73 Å². The predicted molar refractivity (Wildman–Crippen MR) is 114 cm³/mol. The molecule has 32 heavy (non-hydrogen) atoms. The van der Waals surface area contributed by atoms with Crippen LogP contribution in [0.2, 0.25) is 0 Å². The largest absolute Gasteiger partial charge is 0.466 e.